The summed E-state index contributed by atoms with van der Waals surface area (Å²) in [5, 5.41) is 8.61. The van der Waals surface area contributed by atoms with Gasteiger partial charge >= 0.3 is 5.97 Å². The van der Waals surface area contributed by atoms with Crippen LogP contribution < -0.4 is 16.2 Å². The van der Waals surface area contributed by atoms with E-state index in [9.17, 15) is 9.59 Å². The van der Waals surface area contributed by atoms with Crippen molar-refractivity contribution in [2.45, 2.75) is 12.5 Å². The lowest BCUT2D eigenvalue weighted by atomic mass is 10.0. The summed E-state index contributed by atoms with van der Waals surface area (Å²) in [6, 6.07) is 3.50. The van der Waals surface area contributed by atoms with E-state index < -0.39 is 17.8 Å². The van der Waals surface area contributed by atoms with E-state index in [1.165, 1.54) is 13.2 Å². The van der Waals surface area contributed by atoms with Gasteiger partial charge in [0.1, 0.15) is 11.8 Å². The highest BCUT2D eigenvalue weighted by molar-refractivity contribution is 6.03. The van der Waals surface area contributed by atoms with Crippen molar-refractivity contribution in [2.75, 3.05) is 12.8 Å². The molecule has 0 radical (unpaired) electrons. The second-order valence-corrected chi connectivity index (χ2v) is 3.49. The molecule has 0 saturated carbocycles. The number of carboxylic acids is 1. The average Bonchev–Trinajstić information content (AvgIpc) is 2.28. The predicted molar refractivity (Wildman–Crippen MR) is 62.0 cm³/mol. The number of hydrogen-bond donors (Lipinski definition) is 3. The first-order chi connectivity index (χ1) is 7.97. The molecule has 1 atom stereocenters. The second-order valence-electron chi connectivity index (χ2n) is 3.49. The van der Waals surface area contributed by atoms with Gasteiger partial charge in [-0.3, -0.25) is 9.59 Å². The standard InChI is InChI=1S/C11H14N2O4/c1-17-9-4-2-3-6(10(9)13)8(14)5-7(12)11(15)16/h2-4,7H,5,12-13H2,1H3,(H,15,16)/t7-/m0/s1. The minimum Gasteiger partial charge on any atom is -0.495 e. The van der Waals surface area contributed by atoms with E-state index in [1.807, 2.05) is 0 Å². The molecule has 0 amide bonds. The Morgan fingerprint density at radius 3 is 2.65 bits per heavy atom. The zero-order chi connectivity index (χ0) is 13.0. The van der Waals surface area contributed by atoms with Gasteiger partial charge in [0.15, 0.2) is 5.78 Å². The molecular formula is C11H14N2O4. The van der Waals surface area contributed by atoms with Crippen LogP contribution in [-0.4, -0.2) is 30.0 Å². The third-order valence-electron chi connectivity index (χ3n) is 2.31. The number of anilines is 1. The number of aliphatic carboxylic acids is 1. The maximum Gasteiger partial charge on any atom is 0.320 e. The molecule has 0 unspecified atom stereocenters. The Bertz CT molecular complexity index is 445. The number of nitrogen functional groups attached to an aromatic ring is 1. The van der Waals surface area contributed by atoms with Crippen molar-refractivity contribution in [2.24, 2.45) is 5.73 Å². The lowest BCUT2D eigenvalue weighted by Crippen LogP contribution is -2.32. The Morgan fingerprint density at radius 1 is 1.47 bits per heavy atom. The molecule has 6 nitrogen and oxygen atoms in total. The van der Waals surface area contributed by atoms with E-state index in [0.29, 0.717) is 5.75 Å². The van der Waals surface area contributed by atoms with Gasteiger partial charge in [-0.05, 0) is 12.1 Å². The summed E-state index contributed by atoms with van der Waals surface area (Å²) >= 11 is 0. The Hall–Kier alpha value is -2.08. The second kappa shape index (κ2) is 5.31. The topological polar surface area (TPSA) is 116 Å². The number of nitrogens with two attached hydrogens (primary N) is 2. The van der Waals surface area contributed by atoms with Crippen LogP contribution in [0.25, 0.3) is 0 Å². The summed E-state index contributed by atoms with van der Waals surface area (Å²) in [6.45, 7) is 0. The highest BCUT2D eigenvalue weighted by Crippen LogP contribution is 2.25. The lowest BCUT2D eigenvalue weighted by Gasteiger charge is -2.10. The van der Waals surface area contributed by atoms with Crippen LogP contribution in [0.4, 0.5) is 5.69 Å². The number of methoxy groups -OCH3 is 1. The van der Waals surface area contributed by atoms with Gasteiger partial charge in [-0.1, -0.05) is 6.07 Å². The summed E-state index contributed by atoms with van der Waals surface area (Å²) < 4.78 is 4.96. The fourth-order valence-electron chi connectivity index (χ4n) is 1.36. The minimum atomic E-state index is -1.23. The first kappa shape index (κ1) is 13.0. The van der Waals surface area contributed by atoms with Crippen molar-refractivity contribution in [1.29, 1.82) is 0 Å². The predicted octanol–water partition coefficient (Wildman–Crippen LogP) is 0.262. The Balaban J connectivity index is 2.93. The van der Waals surface area contributed by atoms with Gasteiger partial charge in [0.05, 0.1) is 12.8 Å². The molecular weight excluding hydrogens is 224 g/mol. The zero-order valence-corrected chi connectivity index (χ0v) is 9.34. The molecule has 5 N–H and O–H groups in total. The van der Waals surface area contributed by atoms with E-state index >= 15 is 0 Å². The number of rotatable bonds is 5. The van der Waals surface area contributed by atoms with E-state index in [2.05, 4.69) is 0 Å². The summed E-state index contributed by atoms with van der Waals surface area (Å²) in [6.07, 6.45) is -0.299. The maximum atomic E-state index is 11.8. The normalized spacial score (nSPS) is 11.9. The van der Waals surface area contributed by atoms with Crippen LogP contribution in [0.5, 0.6) is 5.75 Å². The van der Waals surface area contributed by atoms with Crippen molar-refractivity contribution in [3.05, 3.63) is 23.8 Å². The smallest absolute Gasteiger partial charge is 0.320 e. The number of ether oxygens (including phenoxy) is 1. The van der Waals surface area contributed by atoms with Crippen LogP contribution in [0.3, 0.4) is 0 Å². The number of carbonyl (C=O) groups is 2. The van der Waals surface area contributed by atoms with Crippen molar-refractivity contribution >= 4 is 17.4 Å². The highest BCUT2D eigenvalue weighted by atomic mass is 16.5. The fraction of sp³-hybridized carbons (Fsp3) is 0.273. The number of carboxylic acid groups (broad SMARTS) is 1. The fourth-order valence-corrected chi connectivity index (χ4v) is 1.36. The molecule has 1 aromatic carbocycles. The van der Waals surface area contributed by atoms with Gasteiger partial charge in [-0.25, -0.2) is 0 Å². The largest absolute Gasteiger partial charge is 0.495 e. The van der Waals surface area contributed by atoms with E-state index in [1.54, 1.807) is 12.1 Å². The number of hydrogen-bond acceptors (Lipinski definition) is 5. The molecule has 0 fully saturated rings. The molecule has 0 bridgehead atoms. The molecule has 0 saturated heterocycles. The third-order valence-corrected chi connectivity index (χ3v) is 2.31. The Labute approximate surface area is 98.2 Å². The summed E-state index contributed by atoms with van der Waals surface area (Å²) in [7, 11) is 1.43. The van der Waals surface area contributed by atoms with Gasteiger partial charge < -0.3 is 21.3 Å². The summed E-state index contributed by atoms with van der Waals surface area (Å²) in [4.78, 5) is 22.3. The number of benzene rings is 1. The molecule has 6 heteroatoms. The monoisotopic (exact) mass is 238 g/mol. The molecule has 1 rings (SSSR count). The number of Topliss-reactive ketones (excluding diaryl/α,β-unsaturated/α-hetero) is 1. The lowest BCUT2D eigenvalue weighted by molar-refractivity contribution is -0.138. The molecule has 17 heavy (non-hydrogen) atoms. The SMILES string of the molecule is COc1cccc(C(=O)C[C@H](N)C(=O)O)c1N. The third kappa shape index (κ3) is 2.94. The van der Waals surface area contributed by atoms with Gasteiger partial charge in [-0.15, -0.1) is 0 Å². The van der Waals surface area contributed by atoms with Gasteiger partial charge in [0, 0.05) is 12.0 Å². The Morgan fingerprint density at radius 2 is 2.12 bits per heavy atom. The van der Waals surface area contributed by atoms with Gasteiger partial charge in [0.25, 0.3) is 0 Å². The highest BCUT2D eigenvalue weighted by Gasteiger charge is 2.20. The van der Waals surface area contributed by atoms with Crippen molar-refractivity contribution in [3.63, 3.8) is 0 Å². The molecule has 0 aliphatic heterocycles. The van der Waals surface area contributed by atoms with E-state index in [0.717, 1.165) is 0 Å². The Kier molecular flexibility index (Phi) is 4.06. The van der Waals surface area contributed by atoms with E-state index in [-0.39, 0.29) is 17.7 Å². The molecule has 92 valence electrons. The maximum absolute atomic E-state index is 11.8. The molecule has 0 spiro atoms. The first-order valence-electron chi connectivity index (χ1n) is 4.91. The van der Waals surface area contributed by atoms with Crippen molar-refractivity contribution in [3.8, 4) is 5.75 Å². The zero-order valence-electron chi connectivity index (χ0n) is 9.34. The van der Waals surface area contributed by atoms with Crippen molar-refractivity contribution < 1.29 is 19.4 Å². The number of ketones is 1. The molecule has 1 aromatic rings. The summed E-state index contributed by atoms with van der Waals surface area (Å²) in [5.74, 6) is -1.27. The quantitative estimate of drug-likeness (QED) is 0.500. The van der Waals surface area contributed by atoms with Crippen LogP contribution in [0, 0.1) is 0 Å². The molecule has 0 aromatic heterocycles. The number of para-hydroxylation sites is 1. The van der Waals surface area contributed by atoms with Crippen molar-refractivity contribution in [1.82, 2.24) is 0 Å². The molecule has 0 heterocycles. The number of carbonyl (C=O) groups excluding carboxylic acids is 1. The van der Waals surface area contributed by atoms with Crippen LogP contribution in [0.1, 0.15) is 16.8 Å². The first-order valence-corrected chi connectivity index (χ1v) is 4.91. The summed E-state index contributed by atoms with van der Waals surface area (Å²) in [5.41, 5.74) is 11.4. The average molecular weight is 238 g/mol. The minimum absolute atomic E-state index is 0.192. The van der Waals surface area contributed by atoms with Gasteiger partial charge in [0.2, 0.25) is 0 Å². The van der Waals surface area contributed by atoms with Crippen LogP contribution in [0.15, 0.2) is 18.2 Å². The molecule has 0 aliphatic rings. The van der Waals surface area contributed by atoms with Crippen LogP contribution in [-0.2, 0) is 4.79 Å². The van der Waals surface area contributed by atoms with Gasteiger partial charge in [-0.2, -0.15) is 0 Å². The van der Waals surface area contributed by atoms with Crippen LogP contribution in [0.2, 0.25) is 0 Å². The molecule has 0 aliphatic carbocycles. The van der Waals surface area contributed by atoms with E-state index in [4.69, 9.17) is 21.3 Å². The van der Waals surface area contributed by atoms with Crippen LogP contribution >= 0.6 is 0 Å².